The van der Waals surface area contributed by atoms with Crippen LogP contribution in [0.5, 0.6) is 5.75 Å². The molecule has 1 aliphatic heterocycles. The first-order chi connectivity index (χ1) is 8.31. The molecule has 0 amide bonds. The van der Waals surface area contributed by atoms with E-state index in [1.807, 2.05) is 6.07 Å². The highest BCUT2D eigenvalue weighted by Gasteiger charge is 2.18. The van der Waals surface area contributed by atoms with Gasteiger partial charge in [-0.05, 0) is 25.0 Å². The Hall–Kier alpha value is -1.20. The van der Waals surface area contributed by atoms with Crippen LogP contribution in [0, 0.1) is 5.95 Å². The summed E-state index contributed by atoms with van der Waals surface area (Å²) in [5, 5.41) is 0. The SMILES string of the molecule is COCOc1ccc(C2CCOCC2)nc1F. The van der Waals surface area contributed by atoms with Crippen LogP contribution in [0.2, 0.25) is 0 Å². The molecule has 0 aliphatic carbocycles. The van der Waals surface area contributed by atoms with Crippen LogP contribution in [-0.4, -0.2) is 32.1 Å². The average Bonchev–Trinajstić information content (AvgIpc) is 2.38. The van der Waals surface area contributed by atoms with Crippen LogP contribution in [0.4, 0.5) is 4.39 Å². The van der Waals surface area contributed by atoms with Crippen LogP contribution < -0.4 is 4.74 Å². The Kier molecular flexibility index (Phi) is 4.28. The topological polar surface area (TPSA) is 40.6 Å². The minimum atomic E-state index is -0.578. The van der Waals surface area contributed by atoms with E-state index in [-0.39, 0.29) is 18.5 Å². The third-order valence-corrected chi connectivity index (χ3v) is 2.81. The standard InChI is InChI=1S/C12H16FNO3/c1-15-8-17-11-3-2-10(14-12(11)13)9-4-6-16-7-5-9/h2-3,9H,4-8H2,1H3. The fourth-order valence-corrected chi connectivity index (χ4v) is 1.89. The van der Waals surface area contributed by atoms with Crippen LogP contribution in [0.15, 0.2) is 12.1 Å². The predicted octanol–water partition coefficient (Wildman–Crippen LogP) is 2.10. The van der Waals surface area contributed by atoms with Gasteiger partial charge in [0.1, 0.15) is 0 Å². The van der Waals surface area contributed by atoms with E-state index in [9.17, 15) is 4.39 Å². The first-order valence-corrected chi connectivity index (χ1v) is 5.67. The predicted molar refractivity (Wildman–Crippen MR) is 59.5 cm³/mol. The molecule has 2 rings (SSSR count). The van der Waals surface area contributed by atoms with Gasteiger partial charge in [0.2, 0.25) is 0 Å². The summed E-state index contributed by atoms with van der Waals surface area (Å²) >= 11 is 0. The summed E-state index contributed by atoms with van der Waals surface area (Å²) in [5.74, 6) is -0.163. The Bertz CT molecular complexity index is 367. The van der Waals surface area contributed by atoms with Gasteiger partial charge in [0.25, 0.3) is 5.95 Å². The van der Waals surface area contributed by atoms with Crippen molar-refractivity contribution < 1.29 is 18.6 Å². The lowest BCUT2D eigenvalue weighted by Gasteiger charge is -2.21. The van der Waals surface area contributed by atoms with Crippen molar-refractivity contribution in [2.45, 2.75) is 18.8 Å². The van der Waals surface area contributed by atoms with Crippen LogP contribution >= 0.6 is 0 Å². The van der Waals surface area contributed by atoms with Gasteiger partial charge in [-0.1, -0.05) is 0 Å². The molecule has 5 heteroatoms. The summed E-state index contributed by atoms with van der Waals surface area (Å²) in [6.07, 6.45) is 1.79. The third kappa shape index (κ3) is 3.14. The van der Waals surface area contributed by atoms with Crippen molar-refractivity contribution in [2.75, 3.05) is 27.1 Å². The zero-order valence-electron chi connectivity index (χ0n) is 9.82. The molecule has 0 atom stereocenters. The molecule has 4 nitrogen and oxygen atoms in total. The zero-order valence-corrected chi connectivity index (χ0v) is 9.82. The van der Waals surface area contributed by atoms with Gasteiger partial charge < -0.3 is 14.2 Å². The Morgan fingerprint density at radius 3 is 2.82 bits per heavy atom. The summed E-state index contributed by atoms with van der Waals surface area (Å²) in [5.41, 5.74) is 0.774. The van der Waals surface area contributed by atoms with E-state index in [0.29, 0.717) is 0 Å². The largest absolute Gasteiger partial charge is 0.463 e. The molecule has 1 aromatic rings. The molecule has 94 valence electrons. The second-order valence-electron chi connectivity index (χ2n) is 3.96. The Labute approximate surface area is 99.7 Å². The number of halogens is 1. The maximum Gasteiger partial charge on any atom is 0.255 e. The molecule has 1 saturated heterocycles. The van der Waals surface area contributed by atoms with Gasteiger partial charge in [-0.2, -0.15) is 4.39 Å². The molecule has 0 radical (unpaired) electrons. The van der Waals surface area contributed by atoms with Gasteiger partial charge in [0.15, 0.2) is 12.5 Å². The van der Waals surface area contributed by atoms with Crippen LogP contribution in [0.1, 0.15) is 24.5 Å². The highest BCUT2D eigenvalue weighted by molar-refractivity contribution is 5.23. The second kappa shape index (κ2) is 5.93. The number of hydrogen-bond donors (Lipinski definition) is 0. The van der Waals surface area contributed by atoms with Gasteiger partial charge in [0.05, 0.1) is 0 Å². The first kappa shape index (κ1) is 12.3. The maximum absolute atomic E-state index is 13.6. The number of pyridine rings is 1. The van der Waals surface area contributed by atoms with Crippen molar-refractivity contribution in [1.82, 2.24) is 4.98 Å². The fourth-order valence-electron chi connectivity index (χ4n) is 1.89. The summed E-state index contributed by atoms with van der Waals surface area (Å²) in [6.45, 7) is 1.46. The van der Waals surface area contributed by atoms with E-state index in [1.165, 1.54) is 7.11 Å². The molecular weight excluding hydrogens is 225 g/mol. The normalized spacial score (nSPS) is 17.1. The van der Waals surface area contributed by atoms with Crippen LogP contribution in [0.3, 0.4) is 0 Å². The molecule has 1 aliphatic rings. The lowest BCUT2D eigenvalue weighted by molar-refractivity contribution is 0.0475. The molecular formula is C12H16FNO3. The number of hydrogen-bond acceptors (Lipinski definition) is 4. The van der Waals surface area contributed by atoms with E-state index in [1.54, 1.807) is 6.07 Å². The number of methoxy groups -OCH3 is 1. The number of aromatic nitrogens is 1. The maximum atomic E-state index is 13.6. The highest BCUT2D eigenvalue weighted by atomic mass is 19.1. The van der Waals surface area contributed by atoms with Crippen LogP contribution in [0.25, 0.3) is 0 Å². The summed E-state index contributed by atoms with van der Waals surface area (Å²) in [6, 6.07) is 3.41. The van der Waals surface area contributed by atoms with Crippen molar-refractivity contribution in [3.63, 3.8) is 0 Å². The van der Waals surface area contributed by atoms with Gasteiger partial charge in [0, 0.05) is 31.9 Å². The van der Waals surface area contributed by atoms with Gasteiger partial charge in [-0.25, -0.2) is 4.98 Å². The molecule has 0 aromatic carbocycles. The number of nitrogens with zero attached hydrogens (tertiary/aromatic N) is 1. The molecule has 17 heavy (non-hydrogen) atoms. The minimum absolute atomic E-state index is 0.0230. The van der Waals surface area contributed by atoms with Gasteiger partial charge in [-0.15, -0.1) is 0 Å². The van der Waals surface area contributed by atoms with E-state index in [2.05, 4.69) is 4.98 Å². The summed E-state index contributed by atoms with van der Waals surface area (Å²) in [4.78, 5) is 3.95. The number of ether oxygens (including phenoxy) is 3. The quantitative estimate of drug-likeness (QED) is 0.598. The van der Waals surface area contributed by atoms with E-state index >= 15 is 0 Å². The average molecular weight is 241 g/mol. The van der Waals surface area contributed by atoms with Crippen molar-refractivity contribution >= 4 is 0 Å². The number of rotatable bonds is 4. The minimum Gasteiger partial charge on any atom is -0.463 e. The van der Waals surface area contributed by atoms with E-state index in [0.717, 1.165) is 31.7 Å². The fraction of sp³-hybridized carbons (Fsp3) is 0.583. The Morgan fingerprint density at radius 1 is 1.41 bits per heavy atom. The Balaban J connectivity index is 2.06. The van der Waals surface area contributed by atoms with Gasteiger partial charge in [-0.3, -0.25) is 0 Å². The zero-order chi connectivity index (χ0) is 12.1. The molecule has 2 heterocycles. The highest BCUT2D eigenvalue weighted by Crippen LogP contribution is 2.27. The van der Waals surface area contributed by atoms with Crippen molar-refractivity contribution in [1.29, 1.82) is 0 Å². The van der Waals surface area contributed by atoms with Crippen molar-refractivity contribution in [2.24, 2.45) is 0 Å². The van der Waals surface area contributed by atoms with E-state index < -0.39 is 5.95 Å². The Morgan fingerprint density at radius 2 is 2.18 bits per heavy atom. The first-order valence-electron chi connectivity index (χ1n) is 5.67. The van der Waals surface area contributed by atoms with Crippen LogP contribution in [-0.2, 0) is 9.47 Å². The lowest BCUT2D eigenvalue weighted by atomic mass is 9.96. The third-order valence-electron chi connectivity index (χ3n) is 2.81. The van der Waals surface area contributed by atoms with Crippen molar-refractivity contribution in [3.05, 3.63) is 23.8 Å². The summed E-state index contributed by atoms with van der Waals surface area (Å²) in [7, 11) is 1.49. The molecule has 0 unspecified atom stereocenters. The van der Waals surface area contributed by atoms with E-state index in [4.69, 9.17) is 14.2 Å². The molecule has 0 N–H and O–H groups in total. The van der Waals surface area contributed by atoms with Gasteiger partial charge >= 0.3 is 0 Å². The monoisotopic (exact) mass is 241 g/mol. The smallest absolute Gasteiger partial charge is 0.255 e. The summed E-state index contributed by atoms with van der Waals surface area (Å²) < 4.78 is 28.6. The molecule has 0 spiro atoms. The molecule has 1 aromatic heterocycles. The molecule has 0 saturated carbocycles. The second-order valence-corrected chi connectivity index (χ2v) is 3.96. The molecule has 1 fully saturated rings. The lowest BCUT2D eigenvalue weighted by Crippen LogP contribution is -2.15. The molecule has 0 bridgehead atoms. The van der Waals surface area contributed by atoms with Crippen molar-refractivity contribution in [3.8, 4) is 5.75 Å².